The predicted octanol–water partition coefficient (Wildman–Crippen LogP) is 5.14. The predicted molar refractivity (Wildman–Crippen MR) is 124 cm³/mol. The fourth-order valence-corrected chi connectivity index (χ4v) is 3.71. The van der Waals surface area contributed by atoms with Crippen molar-refractivity contribution in [1.82, 2.24) is 0 Å². The SMILES string of the molecule is Cc1occc1C(=O)Nc1cccc(Oc2ccc3c(c2)C(=O)N(c2ccc(O)cc2)C3=O)c1. The number of phenolic OH excluding ortho intramolecular Hbond substituents is 1. The standard InChI is InChI=1S/C26H18N2O6/c1-15-21(11-12-33-15)24(30)27-16-3-2-4-19(13-16)34-20-9-10-22-23(14-20)26(32)28(25(22)31)17-5-7-18(29)8-6-17/h2-14,29H,1H3,(H,27,30). The van der Waals surface area contributed by atoms with Crippen LogP contribution in [0.25, 0.3) is 0 Å². The summed E-state index contributed by atoms with van der Waals surface area (Å²) in [6, 6.07) is 18.9. The highest BCUT2D eigenvalue weighted by atomic mass is 16.5. The highest BCUT2D eigenvalue weighted by Crippen LogP contribution is 2.33. The number of aryl methyl sites for hydroxylation is 1. The molecule has 1 aliphatic rings. The number of rotatable bonds is 5. The molecule has 3 aromatic carbocycles. The van der Waals surface area contributed by atoms with Crippen LogP contribution in [-0.2, 0) is 0 Å². The summed E-state index contributed by atoms with van der Waals surface area (Å²) in [5.41, 5.74) is 1.81. The summed E-state index contributed by atoms with van der Waals surface area (Å²) >= 11 is 0. The molecule has 168 valence electrons. The first-order chi connectivity index (χ1) is 16.4. The molecule has 5 rings (SSSR count). The molecule has 0 unspecified atom stereocenters. The van der Waals surface area contributed by atoms with Gasteiger partial charge in [-0.05, 0) is 67.6 Å². The van der Waals surface area contributed by atoms with Crippen molar-refractivity contribution < 1.29 is 28.6 Å². The van der Waals surface area contributed by atoms with E-state index in [1.54, 1.807) is 49.4 Å². The molecule has 0 radical (unpaired) electrons. The first-order valence-corrected chi connectivity index (χ1v) is 10.4. The molecule has 2 N–H and O–H groups in total. The Hall–Kier alpha value is -4.85. The maximum atomic E-state index is 12.9. The molecule has 3 amide bonds. The Morgan fingerprint density at radius 2 is 1.65 bits per heavy atom. The number of carbonyl (C=O) groups excluding carboxylic acids is 3. The number of hydrogen-bond acceptors (Lipinski definition) is 6. The van der Waals surface area contributed by atoms with Gasteiger partial charge in [0.1, 0.15) is 23.0 Å². The molecule has 0 atom stereocenters. The van der Waals surface area contributed by atoms with E-state index in [-0.39, 0.29) is 22.8 Å². The van der Waals surface area contributed by atoms with Crippen molar-refractivity contribution in [3.8, 4) is 17.2 Å². The molecule has 1 aromatic heterocycles. The average molecular weight is 454 g/mol. The summed E-state index contributed by atoms with van der Waals surface area (Å²) in [6.07, 6.45) is 1.45. The molecule has 4 aromatic rings. The number of anilines is 2. The van der Waals surface area contributed by atoms with Gasteiger partial charge in [0.2, 0.25) is 0 Å². The lowest BCUT2D eigenvalue weighted by atomic mass is 10.1. The Morgan fingerprint density at radius 3 is 2.38 bits per heavy atom. The van der Waals surface area contributed by atoms with E-state index in [2.05, 4.69) is 5.32 Å². The lowest BCUT2D eigenvalue weighted by Gasteiger charge is -2.13. The number of ether oxygens (including phenoxy) is 1. The highest BCUT2D eigenvalue weighted by molar-refractivity contribution is 6.34. The van der Waals surface area contributed by atoms with Crippen LogP contribution < -0.4 is 15.0 Å². The van der Waals surface area contributed by atoms with Gasteiger partial charge in [-0.2, -0.15) is 0 Å². The van der Waals surface area contributed by atoms with E-state index >= 15 is 0 Å². The Morgan fingerprint density at radius 1 is 0.912 bits per heavy atom. The molecule has 0 aliphatic carbocycles. The highest BCUT2D eigenvalue weighted by Gasteiger charge is 2.37. The molecule has 1 aliphatic heterocycles. The summed E-state index contributed by atoms with van der Waals surface area (Å²) in [5.74, 6) is 0.122. The maximum Gasteiger partial charge on any atom is 0.266 e. The van der Waals surface area contributed by atoms with E-state index in [0.717, 1.165) is 4.90 Å². The molecule has 0 fully saturated rings. The van der Waals surface area contributed by atoms with Crippen molar-refractivity contribution in [3.05, 3.63) is 102 Å². The molecule has 0 bridgehead atoms. The van der Waals surface area contributed by atoms with Crippen molar-refractivity contribution in [3.63, 3.8) is 0 Å². The van der Waals surface area contributed by atoms with E-state index in [0.29, 0.717) is 34.2 Å². The van der Waals surface area contributed by atoms with Gasteiger partial charge in [-0.1, -0.05) is 6.07 Å². The largest absolute Gasteiger partial charge is 0.508 e. The van der Waals surface area contributed by atoms with Gasteiger partial charge in [0.15, 0.2) is 0 Å². The summed E-state index contributed by atoms with van der Waals surface area (Å²) in [5, 5.41) is 12.3. The van der Waals surface area contributed by atoms with Gasteiger partial charge < -0.3 is 19.6 Å². The number of nitrogens with one attached hydrogen (secondary N) is 1. The van der Waals surface area contributed by atoms with Crippen LogP contribution in [0.15, 0.2) is 83.5 Å². The van der Waals surface area contributed by atoms with Crippen LogP contribution in [0.5, 0.6) is 17.2 Å². The third-order valence-corrected chi connectivity index (χ3v) is 5.40. The maximum absolute atomic E-state index is 12.9. The summed E-state index contributed by atoms with van der Waals surface area (Å²) < 4.78 is 11.1. The zero-order chi connectivity index (χ0) is 23.8. The van der Waals surface area contributed by atoms with Crippen LogP contribution in [0.2, 0.25) is 0 Å². The molecular formula is C26H18N2O6. The first kappa shape index (κ1) is 21.0. The number of imide groups is 1. The molecule has 34 heavy (non-hydrogen) atoms. The number of nitrogens with zero attached hydrogens (tertiary/aromatic N) is 1. The third kappa shape index (κ3) is 3.77. The number of hydrogen-bond donors (Lipinski definition) is 2. The minimum absolute atomic E-state index is 0.0364. The molecule has 0 saturated carbocycles. The second-order valence-corrected chi connectivity index (χ2v) is 7.64. The number of carbonyl (C=O) groups is 3. The topological polar surface area (TPSA) is 109 Å². The number of phenols is 1. The van der Waals surface area contributed by atoms with E-state index in [1.165, 1.54) is 36.6 Å². The van der Waals surface area contributed by atoms with Gasteiger partial charge in [0, 0.05) is 11.8 Å². The molecule has 0 saturated heterocycles. The van der Waals surface area contributed by atoms with Crippen molar-refractivity contribution in [2.45, 2.75) is 6.92 Å². The Labute approximate surface area is 194 Å². The second kappa shape index (κ2) is 8.25. The molecule has 0 spiro atoms. The van der Waals surface area contributed by atoms with Gasteiger partial charge in [-0.3, -0.25) is 14.4 Å². The van der Waals surface area contributed by atoms with E-state index in [4.69, 9.17) is 9.15 Å². The van der Waals surface area contributed by atoms with Gasteiger partial charge >= 0.3 is 0 Å². The van der Waals surface area contributed by atoms with Crippen molar-refractivity contribution in [2.75, 3.05) is 10.2 Å². The minimum Gasteiger partial charge on any atom is -0.508 e. The number of amides is 3. The summed E-state index contributed by atoms with van der Waals surface area (Å²) in [4.78, 5) is 39.2. The quantitative estimate of drug-likeness (QED) is 0.404. The van der Waals surface area contributed by atoms with Crippen molar-refractivity contribution in [1.29, 1.82) is 0 Å². The van der Waals surface area contributed by atoms with Crippen LogP contribution in [0.1, 0.15) is 36.8 Å². The Bertz CT molecular complexity index is 1440. The lowest BCUT2D eigenvalue weighted by Crippen LogP contribution is -2.29. The number of benzene rings is 3. The van der Waals surface area contributed by atoms with Crippen LogP contribution in [-0.4, -0.2) is 22.8 Å². The Kier molecular flexibility index (Phi) is 5.10. The fourth-order valence-electron chi connectivity index (χ4n) is 3.71. The third-order valence-electron chi connectivity index (χ3n) is 5.40. The molecule has 8 nitrogen and oxygen atoms in total. The monoisotopic (exact) mass is 454 g/mol. The molecular weight excluding hydrogens is 436 g/mol. The van der Waals surface area contributed by atoms with Crippen molar-refractivity contribution >= 4 is 29.1 Å². The summed E-state index contributed by atoms with van der Waals surface area (Å²) in [7, 11) is 0. The van der Waals surface area contributed by atoms with E-state index in [9.17, 15) is 19.5 Å². The van der Waals surface area contributed by atoms with Crippen LogP contribution in [0.4, 0.5) is 11.4 Å². The van der Waals surface area contributed by atoms with E-state index in [1.807, 2.05) is 0 Å². The van der Waals surface area contributed by atoms with Crippen LogP contribution in [0.3, 0.4) is 0 Å². The zero-order valence-electron chi connectivity index (χ0n) is 17.9. The first-order valence-electron chi connectivity index (χ1n) is 10.4. The number of aromatic hydroxyl groups is 1. The zero-order valence-corrected chi connectivity index (χ0v) is 17.9. The normalized spacial score (nSPS) is 12.6. The average Bonchev–Trinajstić information content (AvgIpc) is 3.36. The van der Waals surface area contributed by atoms with Gasteiger partial charge in [-0.25, -0.2) is 4.90 Å². The number of furan rings is 1. The van der Waals surface area contributed by atoms with Gasteiger partial charge in [0.25, 0.3) is 17.7 Å². The smallest absolute Gasteiger partial charge is 0.266 e. The van der Waals surface area contributed by atoms with Crippen molar-refractivity contribution in [2.24, 2.45) is 0 Å². The van der Waals surface area contributed by atoms with Gasteiger partial charge in [-0.15, -0.1) is 0 Å². The summed E-state index contributed by atoms with van der Waals surface area (Å²) in [6.45, 7) is 1.71. The van der Waals surface area contributed by atoms with Gasteiger partial charge in [0.05, 0.1) is 28.6 Å². The molecule has 8 heteroatoms. The fraction of sp³-hybridized carbons (Fsp3) is 0.0385. The molecule has 2 heterocycles. The van der Waals surface area contributed by atoms with Crippen LogP contribution >= 0.6 is 0 Å². The van der Waals surface area contributed by atoms with Crippen LogP contribution in [0, 0.1) is 6.92 Å². The lowest BCUT2D eigenvalue weighted by molar-refractivity contribution is 0.0924. The number of fused-ring (bicyclic) bond motifs is 1. The second-order valence-electron chi connectivity index (χ2n) is 7.64. The Balaban J connectivity index is 1.35. The minimum atomic E-state index is -0.479. The van der Waals surface area contributed by atoms with E-state index < -0.39 is 11.8 Å².